The number of hydrogen-bond acceptors (Lipinski definition) is 6. The molecule has 7 nitrogen and oxygen atoms in total. The zero-order chi connectivity index (χ0) is 20.6. The summed E-state index contributed by atoms with van der Waals surface area (Å²) in [7, 11) is 0. The number of aliphatic hydroxyl groups excluding tert-OH is 3. The number of hydrogen-bond donors (Lipinski definition) is 4. The molecule has 0 radical (unpaired) electrons. The zero-order valence-corrected chi connectivity index (χ0v) is 15.6. The largest absolute Gasteiger partial charge is 0.479 e. The minimum atomic E-state index is -1.77. The second kappa shape index (κ2) is 7.61. The van der Waals surface area contributed by atoms with E-state index >= 15 is 0 Å². The van der Waals surface area contributed by atoms with Crippen molar-refractivity contribution in [2.24, 2.45) is 0 Å². The van der Waals surface area contributed by atoms with Crippen molar-refractivity contribution in [1.82, 2.24) is 0 Å². The lowest BCUT2D eigenvalue weighted by Crippen LogP contribution is -2.57. The van der Waals surface area contributed by atoms with Gasteiger partial charge in [0.15, 0.2) is 5.60 Å². The van der Waals surface area contributed by atoms with Crippen LogP contribution in [0.1, 0.15) is 18.4 Å². The first kappa shape index (κ1) is 19.6. The van der Waals surface area contributed by atoms with E-state index in [0.29, 0.717) is 5.76 Å². The standard InChI is InChI=1S/C22H22O7/c23-16-10-22(21(26)27,11-17(24)20(16)25)28-12-13-4-3-6-14(8-13)19-9-15-5-1-2-7-18(15)29-19/h1-9,16-17,20,23-25H,10-12H2,(H,26,27)/t16-,17-,20?,22?/m1/s1. The number of aliphatic carboxylic acids is 1. The van der Waals surface area contributed by atoms with E-state index in [9.17, 15) is 25.2 Å². The fraction of sp³-hybridized carbons (Fsp3) is 0.318. The molecular weight excluding hydrogens is 376 g/mol. The molecule has 0 spiro atoms. The van der Waals surface area contributed by atoms with Gasteiger partial charge in [-0.3, -0.25) is 0 Å². The van der Waals surface area contributed by atoms with Gasteiger partial charge in [-0.1, -0.05) is 36.4 Å². The second-order valence-corrected chi connectivity index (χ2v) is 7.47. The Morgan fingerprint density at radius 1 is 1.03 bits per heavy atom. The quantitative estimate of drug-likeness (QED) is 0.520. The molecule has 1 aromatic heterocycles. The molecule has 0 unspecified atom stereocenters. The summed E-state index contributed by atoms with van der Waals surface area (Å²) < 4.78 is 11.6. The molecule has 2 atom stereocenters. The SMILES string of the molecule is O=C(O)C1(OCc2cccc(-c3cc4ccccc4o3)c2)C[C@@H](O)C(O)[C@H](O)C1. The van der Waals surface area contributed by atoms with Gasteiger partial charge in [0.2, 0.25) is 0 Å². The predicted octanol–water partition coefficient (Wildman–Crippen LogP) is 2.32. The summed E-state index contributed by atoms with van der Waals surface area (Å²) in [5.74, 6) is -0.594. The van der Waals surface area contributed by atoms with Crippen molar-refractivity contribution in [3.05, 3.63) is 60.2 Å². The molecule has 29 heavy (non-hydrogen) atoms. The van der Waals surface area contributed by atoms with Crippen LogP contribution in [0.15, 0.2) is 59.0 Å². The Kier molecular flexibility index (Phi) is 5.14. The number of para-hydroxylation sites is 1. The van der Waals surface area contributed by atoms with Crippen molar-refractivity contribution < 1.29 is 34.4 Å². The van der Waals surface area contributed by atoms with E-state index in [2.05, 4.69) is 0 Å². The summed E-state index contributed by atoms with van der Waals surface area (Å²) in [6.07, 6.45) is -4.75. The van der Waals surface area contributed by atoms with Gasteiger partial charge in [0.1, 0.15) is 17.4 Å². The van der Waals surface area contributed by atoms with Gasteiger partial charge in [-0.05, 0) is 23.8 Å². The van der Waals surface area contributed by atoms with Gasteiger partial charge in [-0.2, -0.15) is 0 Å². The molecule has 0 amide bonds. The van der Waals surface area contributed by atoms with Crippen LogP contribution >= 0.6 is 0 Å². The van der Waals surface area contributed by atoms with E-state index in [1.807, 2.05) is 48.5 Å². The third-order valence-corrected chi connectivity index (χ3v) is 5.41. The molecule has 3 aromatic rings. The Hall–Kier alpha value is -2.71. The number of fused-ring (bicyclic) bond motifs is 1. The lowest BCUT2D eigenvalue weighted by Gasteiger charge is -2.40. The molecule has 152 valence electrons. The molecule has 1 aliphatic carbocycles. The molecule has 1 aliphatic rings. The number of carboxylic acids is 1. The van der Waals surface area contributed by atoms with E-state index < -0.39 is 29.9 Å². The van der Waals surface area contributed by atoms with E-state index in [-0.39, 0.29) is 19.4 Å². The molecule has 0 saturated heterocycles. The lowest BCUT2D eigenvalue weighted by molar-refractivity contribution is -0.202. The average molecular weight is 398 g/mol. The maximum absolute atomic E-state index is 11.8. The highest BCUT2D eigenvalue weighted by Gasteiger charge is 2.50. The van der Waals surface area contributed by atoms with Crippen molar-refractivity contribution in [1.29, 1.82) is 0 Å². The number of ether oxygens (including phenoxy) is 1. The van der Waals surface area contributed by atoms with E-state index in [1.165, 1.54) is 0 Å². The van der Waals surface area contributed by atoms with Crippen molar-refractivity contribution in [3.8, 4) is 11.3 Å². The molecule has 1 saturated carbocycles. The van der Waals surface area contributed by atoms with Crippen LogP contribution in [0.3, 0.4) is 0 Å². The maximum Gasteiger partial charge on any atom is 0.336 e. The summed E-state index contributed by atoms with van der Waals surface area (Å²) in [5, 5.41) is 40.2. The number of carbonyl (C=O) groups is 1. The first-order valence-corrected chi connectivity index (χ1v) is 9.37. The van der Waals surface area contributed by atoms with Crippen LogP contribution < -0.4 is 0 Å². The molecule has 1 fully saturated rings. The number of furan rings is 1. The van der Waals surface area contributed by atoms with Crippen LogP contribution in [-0.2, 0) is 16.1 Å². The molecule has 2 aromatic carbocycles. The molecular formula is C22H22O7. The van der Waals surface area contributed by atoms with Crippen LogP contribution in [0.2, 0.25) is 0 Å². The third kappa shape index (κ3) is 3.77. The van der Waals surface area contributed by atoms with Crippen molar-refractivity contribution in [2.75, 3.05) is 0 Å². The fourth-order valence-electron chi connectivity index (χ4n) is 3.77. The number of aliphatic hydroxyl groups is 3. The summed E-state index contributed by atoms with van der Waals surface area (Å²) in [6, 6.07) is 17.0. The number of carboxylic acid groups (broad SMARTS) is 1. The predicted molar refractivity (Wildman–Crippen MR) is 104 cm³/mol. The highest BCUT2D eigenvalue weighted by molar-refractivity contribution is 5.82. The lowest BCUT2D eigenvalue weighted by atomic mass is 9.79. The molecule has 0 bridgehead atoms. The van der Waals surface area contributed by atoms with Gasteiger partial charge in [0, 0.05) is 23.8 Å². The number of rotatable bonds is 5. The maximum atomic E-state index is 11.8. The first-order valence-electron chi connectivity index (χ1n) is 9.37. The second-order valence-electron chi connectivity index (χ2n) is 7.47. The van der Waals surface area contributed by atoms with E-state index in [4.69, 9.17) is 9.15 Å². The smallest absolute Gasteiger partial charge is 0.336 e. The molecule has 1 heterocycles. The average Bonchev–Trinajstić information content (AvgIpc) is 3.15. The Morgan fingerprint density at radius 3 is 2.45 bits per heavy atom. The Labute approximate surface area is 166 Å². The highest BCUT2D eigenvalue weighted by atomic mass is 16.5. The van der Waals surface area contributed by atoms with Gasteiger partial charge < -0.3 is 29.6 Å². The normalized spacial score (nSPS) is 27.2. The minimum absolute atomic E-state index is 0.0318. The van der Waals surface area contributed by atoms with Crippen molar-refractivity contribution in [2.45, 2.75) is 43.4 Å². The molecule has 4 N–H and O–H groups in total. The van der Waals surface area contributed by atoms with Gasteiger partial charge in [0.05, 0.1) is 18.8 Å². The Balaban J connectivity index is 1.55. The van der Waals surface area contributed by atoms with Gasteiger partial charge >= 0.3 is 5.97 Å². The highest BCUT2D eigenvalue weighted by Crippen LogP contribution is 2.34. The van der Waals surface area contributed by atoms with Gasteiger partial charge in [0.25, 0.3) is 0 Å². The summed E-state index contributed by atoms with van der Waals surface area (Å²) in [5.41, 5.74) is 0.551. The summed E-state index contributed by atoms with van der Waals surface area (Å²) in [6.45, 7) is -0.0318. The Bertz CT molecular complexity index is 980. The van der Waals surface area contributed by atoms with Gasteiger partial charge in [-0.25, -0.2) is 4.79 Å². The van der Waals surface area contributed by atoms with Crippen LogP contribution in [-0.4, -0.2) is 50.3 Å². The summed E-state index contributed by atoms with van der Waals surface area (Å²) >= 11 is 0. The minimum Gasteiger partial charge on any atom is -0.479 e. The summed E-state index contributed by atoms with van der Waals surface area (Å²) in [4.78, 5) is 11.8. The van der Waals surface area contributed by atoms with Crippen LogP contribution in [0, 0.1) is 0 Å². The van der Waals surface area contributed by atoms with Crippen LogP contribution in [0.25, 0.3) is 22.3 Å². The monoisotopic (exact) mass is 398 g/mol. The first-order chi connectivity index (χ1) is 13.9. The fourth-order valence-corrected chi connectivity index (χ4v) is 3.77. The Morgan fingerprint density at radius 2 is 1.76 bits per heavy atom. The van der Waals surface area contributed by atoms with E-state index in [1.54, 1.807) is 6.07 Å². The van der Waals surface area contributed by atoms with Crippen molar-refractivity contribution >= 4 is 16.9 Å². The molecule has 4 rings (SSSR count). The topological polar surface area (TPSA) is 120 Å². The molecule has 7 heteroatoms. The third-order valence-electron chi connectivity index (χ3n) is 5.41. The van der Waals surface area contributed by atoms with E-state index in [0.717, 1.165) is 22.1 Å². The van der Waals surface area contributed by atoms with Gasteiger partial charge in [-0.15, -0.1) is 0 Å². The molecule has 0 aliphatic heterocycles. The van der Waals surface area contributed by atoms with Crippen LogP contribution in [0.5, 0.6) is 0 Å². The number of benzene rings is 2. The van der Waals surface area contributed by atoms with Crippen LogP contribution in [0.4, 0.5) is 0 Å². The zero-order valence-electron chi connectivity index (χ0n) is 15.6. The van der Waals surface area contributed by atoms with Crippen molar-refractivity contribution in [3.63, 3.8) is 0 Å².